The van der Waals surface area contributed by atoms with Crippen molar-refractivity contribution in [3.63, 3.8) is 0 Å². The first-order valence-corrected chi connectivity index (χ1v) is 25.0. The second kappa shape index (κ2) is 22.5. The van der Waals surface area contributed by atoms with Crippen molar-refractivity contribution >= 4 is 51.4 Å². The second-order valence-corrected chi connectivity index (χ2v) is 21.2. The van der Waals surface area contributed by atoms with E-state index < -0.39 is 202 Å². The van der Waals surface area contributed by atoms with Crippen molar-refractivity contribution in [2.45, 2.75) is 49.4 Å². The topological polar surface area (TPSA) is 9.23 Å². The average Bonchev–Trinajstić information content (AvgIpc) is 1.47. The van der Waals surface area contributed by atoms with Crippen molar-refractivity contribution in [1.82, 2.24) is 0 Å². The second-order valence-electron chi connectivity index (χ2n) is 18.2. The van der Waals surface area contributed by atoms with Crippen LogP contribution in [0.25, 0.3) is 0 Å². The Morgan fingerprint density at radius 1 is 0.229 bits per heavy atom. The van der Waals surface area contributed by atoms with Crippen molar-refractivity contribution in [2.75, 3.05) is 0 Å². The Balaban J connectivity index is 0.000000313. The zero-order valence-corrected chi connectivity index (χ0v) is 41.9. The van der Waals surface area contributed by atoms with Gasteiger partial charge in [0.25, 0.3) is 7.49 Å². The number of halogens is 24. The van der Waals surface area contributed by atoms with Gasteiger partial charge in [0.05, 0.1) is 44.5 Å². The third kappa shape index (κ3) is 13.9. The van der Waals surface area contributed by atoms with Crippen molar-refractivity contribution in [3.8, 4) is 5.75 Å². The van der Waals surface area contributed by atoms with E-state index in [0.717, 1.165) is 5.75 Å². The Bertz CT molecular complexity index is 3000. The SMILES string of the molecule is FC(F)(F)c1cc([B-](c2cc(C(F)(F)F)cc(C(F)(F)F)c2)(c2cc(C(F)(F)F)cc(C(F)(F)F)c2)c2cc(C(F)(F)F)cc(C(F)(F)F)c2)cc(C(F)(F)F)c1.c1ccc(O[P+](c2ccccc2)(c2ccccc2)c2ccccc2)cc1. The van der Waals surface area contributed by atoms with E-state index in [2.05, 4.69) is 91.0 Å². The molecule has 0 aromatic heterocycles. The molecule has 8 aromatic rings. The third-order valence-corrected chi connectivity index (χ3v) is 16.3. The molecule has 0 saturated heterocycles. The molecular formula is C56H32BF24OP. The Hall–Kier alpha value is -7.63. The zero-order chi connectivity index (χ0) is 61.6. The van der Waals surface area contributed by atoms with Crippen LogP contribution in [0.2, 0.25) is 0 Å². The van der Waals surface area contributed by atoms with E-state index in [4.69, 9.17) is 4.52 Å². The number of hydrogen-bond donors (Lipinski definition) is 0. The number of benzene rings is 8. The van der Waals surface area contributed by atoms with Crippen molar-refractivity contribution in [1.29, 1.82) is 0 Å². The van der Waals surface area contributed by atoms with Crippen LogP contribution in [0.3, 0.4) is 0 Å². The minimum atomic E-state index is -6.13. The smallest absolute Gasteiger partial charge is 0.334 e. The highest BCUT2D eigenvalue weighted by Gasteiger charge is 2.51. The van der Waals surface area contributed by atoms with Crippen LogP contribution in [0, 0.1) is 0 Å². The lowest BCUT2D eigenvalue weighted by molar-refractivity contribution is -0.144. The van der Waals surface area contributed by atoms with E-state index in [1.54, 1.807) is 0 Å². The summed E-state index contributed by atoms with van der Waals surface area (Å²) in [7, 11) is -2.28. The average molecular weight is 1220 g/mol. The molecule has 0 aliphatic rings. The molecule has 0 aliphatic carbocycles. The molecule has 8 aromatic carbocycles. The molecule has 0 N–H and O–H groups in total. The van der Waals surface area contributed by atoms with Crippen molar-refractivity contribution < 1.29 is 110 Å². The van der Waals surface area contributed by atoms with Crippen LogP contribution in [0.15, 0.2) is 194 Å². The molecule has 83 heavy (non-hydrogen) atoms. The Morgan fingerprint density at radius 2 is 0.398 bits per heavy atom. The van der Waals surface area contributed by atoms with E-state index in [-0.39, 0.29) is 0 Å². The lowest BCUT2D eigenvalue weighted by Gasteiger charge is -2.46. The fourth-order valence-corrected chi connectivity index (χ4v) is 12.7. The molecule has 0 heterocycles. The van der Waals surface area contributed by atoms with Crippen LogP contribution in [-0.4, -0.2) is 6.15 Å². The summed E-state index contributed by atoms with van der Waals surface area (Å²) in [5, 5.41) is 3.63. The third-order valence-electron chi connectivity index (χ3n) is 12.8. The lowest BCUT2D eigenvalue weighted by Crippen LogP contribution is -2.75. The zero-order valence-electron chi connectivity index (χ0n) is 41.0. The van der Waals surface area contributed by atoms with Gasteiger partial charge in [-0.1, -0.05) is 121 Å². The van der Waals surface area contributed by atoms with E-state index in [9.17, 15) is 105 Å². The molecule has 0 aliphatic heterocycles. The molecule has 0 unspecified atom stereocenters. The highest BCUT2D eigenvalue weighted by atomic mass is 31.2. The largest absolute Gasteiger partial charge is 0.416 e. The minimum absolute atomic E-state index is 0.691. The minimum Gasteiger partial charge on any atom is -0.334 e. The molecule has 0 amide bonds. The monoisotopic (exact) mass is 1220 g/mol. The first kappa shape index (κ1) is 63.0. The van der Waals surface area contributed by atoms with E-state index in [1.165, 1.54) is 15.9 Å². The quantitative estimate of drug-likeness (QED) is 0.0795. The highest BCUT2D eigenvalue weighted by molar-refractivity contribution is 7.92. The van der Waals surface area contributed by atoms with Crippen LogP contribution < -0.4 is 42.3 Å². The van der Waals surface area contributed by atoms with Gasteiger partial charge in [-0.3, -0.25) is 0 Å². The predicted molar refractivity (Wildman–Crippen MR) is 262 cm³/mol. The maximum Gasteiger partial charge on any atom is 0.416 e. The summed E-state index contributed by atoms with van der Waals surface area (Å²) in [5.74, 6) is 0.886. The van der Waals surface area contributed by atoms with Crippen molar-refractivity contribution in [2.24, 2.45) is 0 Å². The van der Waals surface area contributed by atoms with Gasteiger partial charge < -0.3 is 4.52 Å². The van der Waals surface area contributed by atoms with Gasteiger partial charge >= 0.3 is 49.4 Å². The molecule has 0 atom stereocenters. The number of rotatable bonds is 9. The van der Waals surface area contributed by atoms with Gasteiger partial charge in [-0.15, -0.1) is 0 Å². The van der Waals surface area contributed by atoms with Crippen molar-refractivity contribution in [3.05, 3.63) is 239 Å². The summed E-state index contributed by atoms with van der Waals surface area (Å²) in [6, 6.07) is 33.1. The standard InChI is InChI=1S/C32H12BF24.C24H20OP/c34-25(35,36)13-1-14(26(37,38)39)6-21(5-13)33(22-7-15(27(40,41)42)2-16(8-22)28(43,44)45,23-9-17(29(46,47)48)3-18(10-23)30(49,50)51)24-11-19(31(52,53)54)4-20(12-24)32(55,56)57;1-5-13-21(14-6-1)25-26(22-15-7-2-8-16-22,23-17-9-3-10-18-23)24-19-11-4-12-20-24/h1-12H;1-20H/q-1;+1. The van der Waals surface area contributed by atoms with E-state index in [1.807, 2.05) is 30.3 Å². The Kier molecular flexibility index (Phi) is 17.1. The Labute approximate surface area is 454 Å². The van der Waals surface area contributed by atoms with Crippen LogP contribution in [0.4, 0.5) is 105 Å². The summed E-state index contributed by atoms with van der Waals surface area (Å²) < 4.78 is 348. The lowest BCUT2D eigenvalue weighted by atomic mass is 9.12. The maximum absolute atomic E-state index is 14.2. The summed E-state index contributed by atoms with van der Waals surface area (Å²) >= 11 is 0. The van der Waals surface area contributed by atoms with Crippen LogP contribution in [-0.2, 0) is 49.4 Å². The number of para-hydroxylation sites is 1. The molecule has 0 saturated carbocycles. The van der Waals surface area contributed by atoms with Crippen LogP contribution in [0.1, 0.15) is 44.5 Å². The number of alkyl halides is 24. The van der Waals surface area contributed by atoms with Crippen LogP contribution in [0.5, 0.6) is 5.75 Å². The first-order chi connectivity index (χ1) is 38.2. The molecule has 0 radical (unpaired) electrons. The summed E-state index contributed by atoms with van der Waals surface area (Å²) in [5.41, 5.74) is -30.2. The molecule has 8 rings (SSSR count). The van der Waals surface area contributed by atoms with Gasteiger partial charge in [0.1, 0.15) is 22.1 Å². The van der Waals surface area contributed by atoms with E-state index in [0.29, 0.717) is 0 Å². The van der Waals surface area contributed by atoms with Gasteiger partial charge in [0.15, 0.2) is 5.75 Å². The normalized spacial score (nSPS) is 13.3. The van der Waals surface area contributed by atoms with E-state index >= 15 is 0 Å². The van der Waals surface area contributed by atoms with Gasteiger partial charge in [0.2, 0.25) is 0 Å². The van der Waals surface area contributed by atoms with Crippen LogP contribution >= 0.6 is 7.49 Å². The molecule has 0 bridgehead atoms. The van der Waals surface area contributed by atoms with Gasteiger partial charge in [-0.25, -0.2) is 0 Å². The first-order valence-electron chi connectivity index (χ1n) is 23.3. The molecule has 1 nitrogen and oxygen atoms in total. The molecule has 27 heteroatoms. The Morgan fingerprint density at radius 3 is 0.566 bits per heavy atom. The fourth-order valence-electron chi connectivity index (χ4n) is 9.23. The maximum atomic E-state index is 14.2. The van der Waals surface area contributed by atoms with Gasteiger partial charge in [-0.2, -0.15) is 127 Å². The number of hydrogen-bond acceptors (Lipinski definition) is 1. The molecule has 438 valence electrons. The summed E-state index contributed by atoms with van der Waals surface area (Å²) in [4.78, 5) is 0. The van der Waals surface area contributed by atoms with Gasteiger partial charge in [-0.05, 0) is 72.8 Å². The molecule has 0 fully saturated rings. The molecular weight excluding hydrogens is 1190 g/mol. The fraction of sp³-hybridized carbons (Fsp3) is 0.143. The predicted octanol–water partition coefficient (Wildman–Crippen LogP) is 16.2. The van der Waals surface area contributed by atoms with Gasteiger partial charge in [0, 0.05) is 0 Å². The molecule has 0 spiro atoms. The highest BCUT2D eigenvalue weighted by Crippen LogP contribution is 2.56. The summed E-state index contributed by atoms with van der Waals surface area (Å²) in [6.45, 7) is 0. The summed E-state index contributed by atoms with van der Waals surface area (Å²) in [6.07, 6.45) is -54.8.